The van der Waals surface area contributed by atoms with E-state index in [0.29, 0.717) is 13.1 Å². The minimum atomic E-state index is -4.51. The molecular formula is C23H26F3N5. The number of nitrogens with zero attached hydrogens (tertiary/aromatic N) is 5. The van der Waals surface area contributed by atoms with Gasteiger partial charge in [0.2, 0.25) is 0 Å². The lowest BCUT2D eigenvalue weighted by atomic mass is 9.98. The molecule has 3 heterocycles. The van der Waals surface area contributed by atoms with Crippen molar-refractivity contribution < 1.29 is 13.2 Å². The Balaban J connectivity index is 1.53. The topological polar surface area (TPSA) is 37.2 Å². The van der Waals surface area contributed by atoms with Crippen LogP contribution in [0.5, 0.6) is 0 Å². The van der Waals surface area contributed by atoms with Gasteiger partial charge in [-0.15, -0.1) is 0 Å². The summed E-state index contributed by atoms with van der Waals surface area (Å²) in [5.41, 5.74) is 1.38. The van der Waals surface area contributed by atoms with Crippen LogP contribution in [0.25, 0.3) is 0 Å². The van der Waals surface area contributed by atoms with Crippen molar-refractivity contribution in [2.24, 2.45) is 7.05 Å². The van der Waals surface area contributed by atoms with Crippen LogP contribution in [0.1, 0.15) is 28.6 Å². The Bertz CT molecular complexity index is 978. The molecule has 4 rings (SSSR count). The van der Waals surface area contributed by atoms with Gasteiger partial charge < -0.3 is 4.90 Å². The van der Waals surface area contributed by atoms with Crippen LogP contribution < -0.4 is 0 Å². The summed E-state index contributed by atoms with van der Waals surface area (Å²) in [6, 6.07) is 14.7. The number of hydrogen-bond donors (Lipinski definition) is 0. The molecule has 0 amide bonds. The van der Waals surface area contributed by atoms with E-state index < -0.39 is 17.9 Å². The van der Waals surface area contributed by atoms with Crippen LogP contribution in [-0.4, -0.2) is 57.3 Å². The van der Waals surface area contributed by atoms with Gasteiger partial charge in [-0.3, -0.25) is 14.6 Å². The van der Waals surface area contributed by atoms with Crippen molar-refractivity contribution in [3.63, 3.8) is 0 Å². The molecule has 1 unspecified atom stereocenters. The molecule has 8 heteroatoms. The summed E-state index contributed by atoms with van der Waals surface area (Å²) in [4.78, 5) is 8.18. The Hall–Kier alpha value is -2.71. The van der Waals surface area contributed by atoms with E-state index in [1.54, 1.807) is 30.1 Å². The molecule has 0 N–H and O–H groups in total. The molecule has 1 fully saturated rings. The van der Waals surface area contributed by atoms with Gasteiger partial charge in [-0.1, -0.05) is 36.4 Å². The minimum Gasteiger partial charge on any atom is -0.300 e. The van der Waals surface area contributed by atoms with Gasteiger partial charge in [-0.2, -0.15) is 18.3 Å². The van der Waals surface area contributed by atoms with Crippen molar-refractivity contribution in [2.75, 3.05) is 32.7 Å². The molecule has 1 atom stereocenters. The van der Waals surface area contributed by atoms with Gasteiger partial charge in [0, 0.05) is 57.7 Å². The molecule has 31 heavy (non-hydrogen) atoms. The molecule has 1 saturated heterocycles. The van der Waals surface area contributed by atoms with E-state index >= 15 is 0 Å². The van der Waals surface area contributed by atoms with Gasteiger partial charge in [0.25, 0.3) is 0 Å². The quantitative estimate of drug-likeness (QED) is 0.598. The maximum Gasteiger partial charge on any atom is 0.433 e. The van der Waals surface area contributed by atoms with Gasteiger partial charge in [-0.25, -0.2) is 0 Å². The number of aryl methyl sites for hydroxylation is 1. The number of rotatable bonds is 6. The largest absolute Gasteiger partial charge is 0.433 e. The third-order valence-corrected chi connectivity index (χ3v) is 5.87. The number of benzene rings is 1. The normalized spacial score (nSPS) is 17.0. The number of piperazine rings is 1. The average Bonchev–Trinajstić information content (AvgIpc) is 3.19. The van der Waals surface area contributed by atoms with E-state index in [1.807, 2.05) is 18.2 Å². The van der Waals surface area contributed by atoms with E-state index in [0.717, 1.165) is 31.7 Å². The van der Waals surface area contributed by atoms with Gasteiger partial charge in [-0.05, 0) is 24.1 Å². The van der Waals surface area contributed by atoms with Crippen molar-refractivity contribution in [1.82, 2.24) is 24.6 Å². The van der Waals surface area contributed by atoms with Crippen LogP contribution in [0.2, 0.25) is 0 Å². The molecule has 0 bridgehead atoms. The summed E-state index contributed by atoms with van der Waals surface area (Å²) >= 11 is 0. The SMILES string of the molecule is Cn1nccc1C(c1cccnc1C(F)(F)F)N1CCN(CCc2ccccc2)CC1. The van der Waals surface area contributed by atoms with Gasteiger partial charge in [0.15, 0.2) is 0 Å². The first kappa shape index (κ1) is 21.5. The zero-order chi connectivity index (χ0) is 21.8. The van der Waals surface area contributed by atoms with E-state index in [2.05, 4.69) is 32.0 Å². The Labute approximate surface area is 180 Å². The summed E-state index contributed by atoms with van der Waals surface area (Å²) in [7, 11) is 1.77. The highest BCUT2D eigenvalue weighted by molar-refractivity contribution is 5.33. The fourth-order valence-corrected chi connectivity index (χ4v) is 4.25. The van der Waals surface area contributed by atoms with Crippen LogP contribution in [0, 0.1) is 0 Å². The highest BCUT2D eigenvalue weighted by atomic mass is 19.4. The Morgan fingerprint density at radius 2 is 1.68 bits per heavy atom. The predicted octanol–water partition coefficient (Wildman–Crippen LogP) is 3.78. The van der Waals surface area contributed by atoms with Crippen LogP contribution in [0.4, 0.5) is 13.2 Å². The highest BCUT2D eigenvalue weighted by Gasteiger charge is 2.39. The third kappa shape index (κ3) is 4.97. The van der Waals surface area contributed by atoms with E-state index in [9.17, 15) is 13.2 Å². The molecule has 1 aliphatic rings. The summed E-state index contributed by atoms with van der Waals surface area (Å²) in [5, 5.41) is 4.21. The predicted molar refractivity (Wildman–Crippen MR) is 112 cm³/mol. The molecule has 3 aromatic rings. The molecule has 5 nitrogen and oxygen atoms in total. The summed E-state index contributed by atoms with van der Waals surface area (Å²) in [5.74, 6) is 0. The first-order chi connectivity index (χ1) is 14.9. The Kier molecular flexibility index (Phi) is 6.38. The number of halogens is 3. The molecule has 0 spiro atoms. The fourth-order valence-electron chi connectivity index (χ4n) is 4.25. The number of pyridine rings is 1. The first-order valence-electron chi connectivity index (χ1n) is 10.4. The smallest absolute Gasteiger partial charge is 0.300 e. The highest BCUT2D eigenvalue weighted by Crippen LogP contribution is 2.37. The molecular weight excluding hydrogens is 403 g/mol. The third-order valence-electron chi connectivity index (χ3n) is 5.87. The molecule has 164 valence electrons. The lowest BCUT2D eigenvalue weighted by Gasteiger charge is -2.40. The van der Waals surface area contributed by atoms with Crippen molar-refractivity contribution >= 4 is 0 Å². The number of alkyl halides is 3. The zero-order valence-corrected chi connectivity index (χ0v) is 17.5. The van der Waals surface area contributed by atoms with E-state index in [4.69, 9.17) is 0 Å². The fraction of sp³-hybridized carbons (Fsp3) is 0.391. The lowest BCUT2D eigenvalue weighted by molar-refractivity contribution is -0.142. The van der Waals surface area contributed by atoms with Crippen LogP contribution in [0.15, 0.2) is 60.9 Å². The second kappa shape index (κ2) is 9.20. The Morgan fingerprint density at radius 1 is 0.935 bits per heavy atom. The average molecular weight is 429 g/mol. The molecule has 0 saturated carbocycles. The second-order valence-electron chi connectivity index (χ2n) is 7.83. The van der Waals surface area contributed by atoms with Crippen LogP contribution in [-0.2, 0) is 19.6 Å². The van der Waals surface area contributed by atoms with Crippen molar-refractivity contribution in [3.8, 4) is 0 Å². The lowest BCUT2D eigenvalue weighted by Crippen LogP contribution is -2.48. The number of hydrogen-bond acceptors (Lipinski definition) is 4. The molecule has 1 aliphatic heterocycles. The summed E-state index contributed by atoms with van der Waals surface area (Å²) in [6.45, 7) is 3.91. The first-order valence-corrected chi connectivity index (χ1v) is 10.4. The maximum absolute atomic E-state index is 13.7. The van der Waals surface area contributed by atoms with Crippen LogP contribution in [0.3, 0.4) is 0 Å². The van der Waals surface area contributed by atoms with E-state index in [1.165, 1.54) is 17.8 Å². The van der Waals surface area contributed by atoms with Crippen LogP contribution >= 0.6 is 0 Å². The van der Waals surface area contributed by atoms with Gasteiger partial charge in [0.05, 0.1) is 11.7 Å². The number of aromatic nitrogens is 3. The van der Waals surface area contributed by atoms with Crippen molar-refractivity contribution in [2.45, 2.75) is 18.6 Å². The molecule has 0 aliphatic carbocycles. The van der Waals surface area contributed by atoms with E-state index in [-0.39, 0.29) is 5.56 Å². The van der Waals surface area contributed by atoms with Gasteiger partial charge in [0.1, 0.15) is 5.69 Å². The van der Waals surface area contributed by atoms with Crippen molar-refractivity contribution in [1.29, 1.82) is 0 Å². The molecule has 1 aromatic carbocycles. The maximum atomic E-state index is 13.7. The second-order valence-corrected chi connectivity index (χ2v) is 7.83. The minimum absolute atomic E-state index is 0.177. The zero-order valence-electron chi connectivity index (χ0n) is 17.5. The standard InChI is InChI=1S/C23H26F3N5/c1-29-20(9-12-28-29)21(19-8-5-11-27-22(19)23(24,25)26)31-16-14-30(15-17-31)13-10-18-6-3-2-4-7-18/h2-9,11-12,21H,10,13-17H2,1H3. The van der Waals surface area contributed by atoms with Crippen molar-refractivity contribution in [3.05, 3.63) is 83.4 Å². The molecule has 2 aromatic heterocycles. The molecule has 0 radical (unpaired) electrons. The summed E-state index contributed by atoms with van der Waals surface area (Å²) < 4.78 is 42.8. The summed E-state index contributed by atoms with van der Waals surface area (Å²) in [6.07, 6.45) is -0.714. The monoisotopic (exact) mass is 429 g/mol. The van der Waals surface area contributed by atoms with Gasteiger partial charge >= 0.3 is 6.18 Å². The Morgan fingerprint density at radius 3 is 2.32 bits per heavy atom.